The van der Waals surface area contributed by atoms with Gasteiger partial charge in [-0.1, -0.05) is 206 Å². The minimum Gasteiger partial charge on any atom is -0.454 e. The molecule has 1 heterocycles. The highest BCUT2D eigenvalue weighted by atomic mass is 16.3. The first kappa shape index (κ1) is 35.6. The molecule has 0 N–H and O–H groups in total. The molecule has 0 fully saturated rings. The van der Waals surface area contributed by atoms with E-state index in [-0.39, 0.29) is 11.5 Å². The molecule has 0 bridgehead atoms. The average Bonchev–Trinajstić information content (AvgIpc) is 4.08. The fourth-order valence-corrected chi connectivity index (χ4v) is 12.5. The van der Waals surface area contributed by atoms with Crippen LogP contribution in [0.1, 0.15) is 50.9 Å². The summed E-state index contributed by atoms with van der Waals surface area (Å²) in [6.07, 6.45) is 5.78. The number of hydrogen-bond donors (Lipinski definition) is 0. The fraction of sp³-hybridized carbons (Fsp3) is 0.0645. The van der Waals surface area contributed by atoms with Crippen molar-refractivity contribution in [2.75, 3.05) is 4.90 Å². The lowest BCUT2D eigenvalue weighted by atomic mass is 9.67. The van der Waals surface area contributed by atoms with Crippen molar-refractivity contribution in [2.45, 2.75) is 23.3 Å². The van der Waals surface area contributed by atoms with E-state index in [0.29, 0.717) is 0 Å². The van der Waals surface area contributed by atoms with Crippen molar-refractivity contribution in [1.82, 2.24) is 0 Å². The molecule has 0 aliphatic heterocycles. The highest BCUT2D eigenvalue weighted by molar-refractivity contribution is 6.09. The van der Waals surface area contributed by atoms with Crippen LogP contribution in [0, 0.1) is 0 Å². The fourth-order valence-electron chi connectivity index (χ4n) is 12.5. The maximum atomic E-state index is 6.85. The molecule has 1 unspecified atom stereocenters. The summed E-state index contributed by atoms with van der Waals surface area (Å²) in [5.41, 5.74) is 21.8. The lowest BCUT2D eigenvalue weighted by Crippen LogP contribution is -2.33. The number of benzene rings is 9. The molecule has 300 valence electrons. The van der Waals surface area contributed by atoms with Crippen LogP contribution in [0.5, 0.6) is 0 Å². The van der Waals surface area contributed by atoms with Gasteiger partial charge in [-0.05, 0) is 109 Å². The summed E-state index contributed by atoms with van der Waals surface area (Å²) in [4.78, 5) is 2.55. The van der Waals surface area contributed by atoms with E-state index in [0.717, 1.165) is 39.7 Å². The maximum Gasteiger partial charge on any atom is 0.159 e. The van der Waals surface area contributed by atoms with E-state index in [4.69, 9.17) is 4.42 Å². The maximum absolute atomic E-state index is 6.85. The standard InChI is InChI=1S/C62H41NO/c1-2-17-40(18-3-1)61(52-26-10-4-19-44(52)45-20-5-11-27-53(45)61)41-33-35-42(36-34-41)63(58-31-16-25-50-49-24-9-15-32-59(49)64-60(50)58)43-37-38-57-51(39-43)48-23-8-14-30-56(48)62(57)54-28-12-6-21-46(54)47-22-7-13-29-55(47)62/h1-38,43H,39H2. The van der Waals surface area contributed by atoms with Crippen molar-refractivity contribution >= 4 is 38.9 Å². The zero-order valence-electron chi connectivity index (χ0n) is 35.1. The average molecular weight is 816 g/mol. The molecule has 0 radical (unpaired) electrons. The van der Waals surface area contributed by atoms with Gasteiger partial charge in [-0.25, -0.2) is 0 Å². The van der Waals surface area contributed by atoms with E-state index in [1.807, 2.05) is 0 Å². The summed E-state index contributed by atoms with van der Waals surface area (Å²) in [5.74, 6) is 0. The molecule has 2 heteroatoms. The highest BCUT2D eigenvalue weighted by Crippen LogP contribution is 2.64. The van der Waals surface area contributed by atoms with E-state index in [1.165, 1.54) is 77.9 Å². The molecule has 0 amide bonds. The number of para-hydroxylation sites is 2. The SMILES string of the molecule is C1=CC(N(c2ccc(C3(c4ccccc4)c4ccccc4-c4ccccc43)cc2)c2cccc3c2oc2ccccc23)CC2=C1C1(c3ccccc32)c2ccccc2-c2ccccc21. The van der Waals surface area contributed by atoms with Gasteiger partial charge in [0.15, 0.2) is 5.58 Å². The van der Waals surface area contributed by atoms with Gasteiger partial charge in [0.05, 0.1) is 22.6 Å². The molecule has 4 aliphatic carbocycles. The van der Waals surface area contributed by atoms with Gasteiger partial charge in [-0.2, -0.15) is 0 Å². The molecule has 10 aromatic rings. The third kappa shape index (κ3) is 4.54. The van der Waals surface area contributed by atoms with Gasteiger partial charge < -0.3 is 9.32 Å². The number of fused-ring (bicyclic) bond motifs is 15. The third-order valence-electron chi connectivity index (χ3n) is 14.9. The minimum absolute atomic E-state index is 0.00507. The third-order valence-corrected chi connectivity index (χ3v) is 14.9. The number of allylic oxidation sites excluding steroid dienone is 2. The van der Waals surface area contributed by atoms with Crippen LogP contribution in [0.3, 0.4) is 0 Å². The predicted molar refractivity (Wildman–Crippen MR) is 262 cm³/mol. The van der Waals surface area contributed by atoms with E-state index in [2.05, 4.69) is 235 Å². The van der Waals surface area contributed by atoms with Gasteiger partial charge in [0.25, 0.3) is 0 Å². The van der Waals surface area contributed by atoms with Crippen LogP contribution in [-0.2, 0) is 10.8 Å². The van der Waals surface area contributed by atoms with Crippen LogP contribution in [0.4, 0.5) is 11.4 Å². The Balaban J connectivity index is 0.969. The number of furan rings is 1. The Bertz CT molecular complexity index is 3510. The Kier molecular flexibility index (Phi) is 7.40. The normalized spacial score (nSPS) is 16.7. The Morgan fingerprint density at radius 3 is 1.52 bits per heavy atom. The van der Waals surface area contributed by atoms with Crippen molar-refractivity contribution in [2.24, 2.45) is 0 Å². The second-order valence-electron chi connectivity index (χ2n) is 17.8. The summed E-state index contributed by atoms with van der Waals surface area (Å²) in [6.45, 7) is 0. The molecule has 14 rings (SSSR count). The Labute approximate surface area is 372 Å². The van der Waals surface area contributed by atoms with Gasteiger partial charge in [0, 0.05) is 16.5 Å². The molecule has 2 nitrogen and oxygen atoms in total. The van der Waals surface area contributed by atoms with E-state index >= 15 is 0 Å². The zero-order valence-corrected chi connectivity index (χ0v) is 35.1. The van der Waals surface area contributed by atoms with Crippen LogP contribution in [0.15, 0.2) is 241 Å². The molecule has 1 atom stereocenters. The summed E-state index contributed by atoms with van der Waals surface area (Å²) < 4.78 is 6.85. The lowest BCUT2D eigenvalue weighted by Gasteiger charge is -2.37. The first-order chi connectivity index (χ1) is 31.8. The van der Waals surface area contributed by atoms with Gasteiger partial charge in [0.2, 0.25) is 0 Å². The lowest BCUT2D eigenvalue weighted by molar-refractivity contribution is 0.664. The molecule has 64 heavy (non-hydrogen) atoms. The van der Waals surface area contributed by atoms with Gasteiger partial charge in [-0.3, -0.25) is 0 Å². The van der Waals surface area contributed by atoms with Crippen LogP contribution >= 0.6 is 0 Å². The Morgan fingerprint density at radius 2 is 0.891 bits per heavy atom. The molecule has 0 saturated carbocycles. The highest BCUT2D eigenvalue weighted by Gasteiger charge is 2.53. The molecule has 1 aromatic heterocycles. The smallest absolute Gasteiger partial charge is 0.159 e. The summed E-state index contributed by atoms with van der Waals surface area (Å²) in [7, 11) is 0. The first-order valence-corrected chi connectivity index (χ1v) is 22.5. The molecule has 1 spiro atoms. The molecular formula is C62H41NO. The van der Waals surface area contributed by atoms with E-state index in [1.54, 1.807) is 0 Å². The molecular weight excluding hydrogens is 775 g/mol. The molecule has 9 aromatic carbocycles. The number of hydrogen-bond acceptors (Lipinski definition) is 2. The van der Waals surface area contributed by atoms with E-state index < -0.39 is 5.41 Å². The number of nitrogens with zero attached hydrogens (tertiary/aromatic N) is 1. The monoisotopic (exact) mass is 815 g/mol. The minimum atomic E-state index is -0.475. The van der Waals surface area contributed by atoms with Crippen molar-refractivity contribution in [3.63, 3.8) is 0 Å². The largest absolute Gasteiger partial charge is 0.454 e. The van der Waals surface area contributed by atoms with Crippen molar-refractivity contribution < 1.29 is 4.42 Å². The van der Waals surface area contributed by atoms with E-state index in [9.17, 15) is 0 Å². The van der Waals surface area contributed by atoms with Crippen molar-refractivity contribution in [1.29, 1.82) is 0 Å². The van der Waals surface area contributed by atoms with Gasteiger partial charge in [-0.15, -0.1) is 0 Å². The molecule has 0 saturated heterocycles. The van der Waals surface area contributed by atoms with Crippen molar-refractivity contribution in [3.05, 3.63) is 281 Å². The van der Waals surface area contributed by atoms with Crippen LogP contribution in [-0.4, -0.2) is 6.04 Å². The second kappa shape index (κ2) is 13.3. The predicted octanol–water partition coefficient (Wildman–Crippen LogP) is 15.2. The number of rotatable bonds is 5. The Morgan fingerprint density at radius 1 is 0.406 bits per heavy atom. The Hall–Kier alpha value is -7.94. The van der Waals surface area contributed by atoms with Crippen LogP contribution in [0.2, 0.25) is 0 Å². The summed E-state index contributed by atoms with van der Waals surface area (Å²) in [5, 5.41) is 2.26. The van der Waals surface area contributed by atoms with Gasteiger partial charge in [0.1, 0.15) is 5.58 Å². The topological polar surface area (TPSA) is 16.4 Å². The number of anilines is 2. The van der Waals surface area contributed by atoms with Gasteiger partial charge >= 0.3 is 0 Å². The molecule has 4 aliphatic rings. The van der Waals surface area contributed by atoms with Crippen LogP contribution in [0.25, 0.3) is 49.8 Å². The second-order valence-corrected chi connectivity index (χ2v) is 17.8. The van der Waals surface area contributed by atoms with Crippen molar-refractivity contribution in [3.8, 4) is 22.3 Å². The quantitative estimate of drug-likeness (QED) is 0.172. The first-order valence-electron chi connectivity index (χ1n) is 22.5. The summed E-state index contributed by atoms with van der Waals surface area (Å²) in [6, 6.07) is 80.9. The zero-order chi connectivity index (χ0) is 42.0. The van der Waals surface area contributed by atoms with Crippen LogP contribution < -0.4 is 4.90 Å². The summed E-state index contributed by atoms with van der Waals surface area (Å²) >= 11 is 0.